The molecule has 0 saturated carbocycles. The van der Waals surface area contributed by atoms with Crippen LogP contribution in [0.3, 0.4) is 0 Å². The van der Waals surface area contributed by atoms with E-state index in [0.717, 1.165) is 16.6 Å². The first-order chi connectivity index (χ1) is 15.6. The van der Waals surface area contributed by atoms with Crippen molar-refractivity contribution in [2.75, 3.05) is 28.7 Å². The Morgan fingerprint density at radius 2 is 2.00 bits per heavy atom. The summed E-state index contributed by atoms with van der Waals surface area (Å²) in [5, 5.41) is 7.03. The number of nitrogens with zero attached hydrogens (tertiary/aromatic N) is 1. The van der Waals surface area contributed by atoms with Gasteiger partial charge in [0, 0.05) is 39.9 Å². The molecular formula is C24H20ClFN4O2. The SMILES string of the molecule is O=C(Nc1ccc2c(c1)N(Cc1c(F)cccc1Cl)CCO2)Nc1c[nH]c2ccccc12. The van der Waals surface area contributed by atoms with Gasteiger partial charge < -0.3 is 25.3 Å². The lowest BCUT2D eigenvalue weighted by atomic mass is 10.1. The molecule has 2 heterocycles. The number of aromatic amines is 1. The minimum Gasteiger partial charge on any atom is -0.490 e. The van der Waals surface area contributed by atoms with Crippen LogP contribution in [0, 0.1) is 5.82 Å². The number of hydrogen-bond donors (Lipinski definition) is 3. The van der Waals surface area contributed by atoms with Gasteiger partial charge in [0.2, 0.25) is 0 Å². The monoisotopic (exact) mass is 450 g/mol. The summed E-state index contributed by atoms with van der Waals surface area (Å²) in [6.45, 7) is 1.35. The van der Waals surface area contributed by atoms with Gasteiger partial charge in [-0.25, -0.2) is 9.18 Å². The van der Waals surface area contributed by atoms with Crippen LogP contribution in [-0.2, 0) is 6.54 Å². The Morgan fingerprint density at radius 3 is 2.88 bits per heavy atom. The zero-order valence-electron chi connectivity index (χ0n) is 17.0. The molecular weight excluding hydrogens is 431 g/mol. The molecule has 0 fully saturated rings. The van der Waals surface area contributed by atoms with Crippen LogP contribution in [0.5, 0.6) is 5.75 Å². The van der Waals surface area contributed by atoms with Gasteiger partial charge in [-0.2, -0.15) is 0 Å². The second-order valence-corrected chi connectivity index (χ2v) is 7.89. The molecule has 6 nitrogen and oxygen atoms in total. The number of rotatable bonds is 4. The summed E-state index contributed by atoms with van der Waals surface area (Å²) in [4.78, 5) is 17.7. The second kappa shape index (κ2) is 8.43. The molecule has 4 aromatic rings. The third-order valence-electron chi connectivity index (χ3n) is 5.42. The van der Waals surface area contributed by atoms with E-state index >= 15 is 0 Å². The molecule has 0 unspecified atom stereocenters. The number of halogens is 2. The molecule has 1 aliphatic heterocycles. The summed E-state index contributed by atoms with van der Waals surface area (Å²) in [6.07, 6.45) is 1.75. The zero-order valence-corrected chi connectivity index (χ0v) is 17.7. The Hall–Kier alpha value is -3.71. The Balaban J connectivity index is 1.35. The minimum absolute atomic E-state index is 0.298. The Morgan fingerprint density at radius 1 is 1.12 bits per heavy atom. The highest BCUT2D eigenvalue weighted by molar-refractivity contribution is 6.31. The Kier molecular flexibility index (Phi) is 5.33. The summed E-state index contributed by atoms with van der Waals surface area (Å²) < 4.78 is 20.1. The molecule has 0 aliphatic carbocycles. The van der Waals surface area contributed by atoms with E-state index in [1.807, 2.05) is 35.2 Å². The first kappa shape index (κ1) is 20.2. The third-order valence-corrected chi connectivity index (χ3v) is 5.78. The number of aromatic nitrogens is 1. The quantitative estimate of drug-likeness (QED) is 0.357. The molecule has 0 atom stereocenters. The largest absolute Gasteiger partial charge is 0.490 e. The van der Waals surface area contributed by atoms with Crippen LogP contribution >= 0.6 is 11.6 Å². The highest BCUT2D eigenvalue weighted by Crippen LogP contribution is 2.36. The summed E-state index contributed by atoms with van der Waals surface area (Å²) in [7, 11) is 0. The van der Waals surface area contributed by atoms with E-state index in [-0.39, 0.29) is 11.8 Å². The second-order valence-electron chi connectivity index (χ2n) is 7.48. The number of anilines is 3. The number of carbonyl (C=O) groups excluding carboxylic acids is 1. The van der Waals surface area contributed by atoms with Gasteiger partial charge in [-0.15, -0.1) is 0 Å². The van der Waals surface area contributed by atoms with Crippen molar-refractivity contribution in [3.8, 4) is 5.75 Å². The van der Waals surface area contributed by atoms with Gasteiger partial charge in [0.15, 0.2) is 0 Å². The van der Waals surface area contributed by atoms with E-state index in [1.165, 1.54) is 6.07 Å². The molecule has 0 bridgehead atoms. The van der Waals surface area contributed by atoms with Crippen LogP contribution in [0.1, 0.15) is 5.56 Å². The highest BCUT2D eigenvalue weighted by Gasteiger charge is 2.21. The molecule has 2 amide bonds. The highest BCUT2D eigenvalue weighted by atomic mass is 35.5. The van der Waals surface area contributed by atoms with Crippen LogP contribution in [0.25, 0.3) is 10.9 Å². The van der Waals surface area contributed by atoms with E-state index < -0.39 is 0 Å². The Bertz CT molecular complexity index is 1290. The number of carbonyl (C=O) groups is 1. The minimum atomic E-state index is -0.366. The number of nitrogens with one attached hydrogen (secondary N) is 3. The van der Waals surface area contributed by atoms with Crippen molar-refractivity contribution in [1.82, 2.24) is 4.98 Å². The van der Waals surface area contributed by atoms with Crippen molar-refractivity contribution < 1.29 is 13.9 Å². The molecule has 5 rings (SSSR count). The van der Waals surface area contributed by atoms with Gasteiger partial charge in [-0.1, -0.05) is 35.9 Å². The average Bonchev–Trinajstić information content (AvgIpc) is 3.19. The van der Waals surface area contributed by atoms with Crippen molar-refractivity contribution in [2.24, 2.45) is 0 Å². The zero-order chi connectivity index (χ0) is 22.1. The molecule has 3 aromatic carbocycles. The van der Waals surface area contributed by atoms with Gasteiger partial charge in [0.1, 0.15) is 18.2 Å². The topological polar surface area (TPSA) is 69.4 Å². The number of benzene rings is 3. The Labute approximate surface area is 188 Å². The fourth-order valence-electron chi connectivity index (χ4n) is 3.85. The molecule has 32 heavy (non-hydrogen) atoms. The first-order valence-corrected chi connectivity index (χ1v) is 10.5. The molecule has 0 radical (unpaired) electrons. The van der Waals surface area contributed by atoms with Gasteiger partial charge in [0.05, 0.1) is 17.9 Å². The molecule has 8 heteroatoms. The number of para-hydroxylation sites is 1. The van der Waals surface area contributed by atoms with E-state index in [1.54, 1.807) is 30.5 Å². The van der Waals surface area contributed by atoms with Crippen LogP contribution in [0.15, 0.2) is 66.9 Å². The fourth-order valence-corrected chi connectivity index (χ4v) is 4.07. The molecule has 162 valence electrons. The third kappa shape index (κ3) is 3.94. The normalized spacial score (nSPS) is 12.9. The molecule has 3 N–H and O–H groups in total. The van der Waals surface area contributed by atoms with Crippen molar-refractivity contribution >= 4 is 45.6 Å². The number of hydrogen-bond acceptors (Lipinski definition) is 3. The maximum atomic E-state index is 14.3. The predicted molar refractivity (Wildman–Crippen MR) is 125 cm³/mol. The van der Waals surface area contributed by atoms with E-state index in [4.69, 9.17) is 16.3 Å². The predicted octanol–water partition coefficient (Wildman–Crippen LogP) is 6.00. The lowest BCUT2D eigenvalue weighted by Gasteiger charge is -2.32. The molecule has 1 aliphatic rings. The summed E-state index contributed by atoms with van der Waals surface area (Å²) in [5.74, 6) is 0.323. The maximum Gasteiger partial charge on any atom is 0.323 e. The van der Waals surface area contributed by atoms with Crippen LogP contribution in [0.4, 0.5) is 26.2 Å². The molecule has 1 aromatic heterocycles. The van der Waals surface area contributed by atoms with Crippen molar-refractivity contribution in [1.29, 1.82) is 0 Å². The average molecular weight is 451 g/mol. The molecule has 0 spiro atoms. The van der Waals surface area contributed by atoms with Crippen LogP contribution in [-0.4, -0.2) is 24.2 Å². The van der Waals surface area contributed by atoms with Crippen molar-refractivity contribution in [3.05, 3.63) is 83.3 Å². The smallest absolute Gasteiger partial charge is 0.323 e. The van der Waals surface area contributed by atoms with Crippen molar-refractivity contribution in [2.45, 2.75) is 6.54 Å². The van der Waals surface area contributed by atoms with Gasteiger partial charge >= 0.3 is 6.03 Å². The summed E-state index contributed by atoms with van der Waals surface area (Å²) in [6, 6.07) is 17.4. The van der Waals surface area contributed by atoms with E-state index in [9.17, 15) is 9.18 Å². The maximum absolute atomic E-state index is 14.3. The summed E-state index contributed by atoms with van der Waals surface area (Å²) in [5.41, 5.74) is 3.42. The number of H-pyrrole nitrogens is 1. The van der Waals surface area contributed by atoms with Crippen molar-refractivity contribution in [3.63, 3.8) is 0 Å². The lowest BCUT2D eigenvalue weighted by molar-refractivity contribution is 0.262. The number of fused-ring (bicyclic) bond motifs is 2. The van der Waals surface area contributed by atoms with Gasteiger partial charge in [-0.05, 0) is 36.4 Å². The van der Waals surface area contributed by atoms with E-state index in [0.29, 0.717) is 47.4 Å². The van der Waals surface area contributed by atoms with Gasteiger partial charge in [0.25, 0.3) is 0 Å². The number of amides is 2. The van der Waals surface area contributed by atoms with Gasteiger partial charge in [-0.3, -0.25) is 0 Å². The number of ether oxygens (including phenoxy) is 1. The van der Waals surface area contributed by atoms with Crippen LogP contribution in [0.2, 0.25) is 5.02 Å². The summed E-state index contributed by atoms with van der Waals surface area (Å²) >= 11 is 6.22. The van der Waals surface area contributed by atoms with E-state index in [2.05, 4.69) is 15.6 Å². The fraction of sp³-hybridized carbons (Fsp3) is 0.125. The molecule has 0 saturated heterocycles. The van der Waals surface area contributed by atoms with Crippen LogP contribution < -0.4 is 20.3 Å². The standard InChI is InChI=1S/C24H20ClFN4O2/c25-18-5-3-6-19(26)17(18)14-30-10-11-32-23-9-8-15(12-22(23)30)28-24(31)29-21-13-27-20-7-2-1-4-16(20)21/h1-9,12-13,27H,10-11,14H2,(H2,28,29,31). The number of urea groups is 1. The first-order valence-electron chi connectivity index (χ1n) is 10.2. The lowest BCUT2D eigenvalue weighted by Crippen LogP contribution is -2.32.